The van der Waals surface area contributed by atoms with Gasteiger partial charge in [0.15, 0.2) is 5.82 Å². The fraction of sp³-hybridized carbons (Fsp3) is 0.590. The number of ether oxygens (including phenoxy) is 1. The summed E-state index contributed by atoms with van der Waals surface area (Å²) in [6.07, 6.45) is 5.07. The molecule has 3 amide bonds. The van der Waals surface area contributed by atoms with Crippen LogP contribution in [-0.2, 0) is 31.4 Å². The first-order valence-electron chi connectivity index (χ1n) is 18.7. The first kappa shape index (κ1) is 41.7. The second-order valence-corrected chi connectivity index (χ2v) is 17.8. The van der Waals surface area contributed by atoms with Crippen LogP contribution in [0.5, 0.6) is 0 Å². The monoisotopic (exact) mass is 753 g/mol. The van der Waals surface area contributed by atoms with Crippen molar-refractivity contribution in [1.29, 1.82) is 0 Å². The number of fused-ring (bicyclic) bond motifs is 1. The van der Waals surface area contributed by atoms with Crippen molar-refractivity contribution in [3.05, 3.63) is 54.1 Å². The number of likely N-dealkylation sites (tertiary alicyclic amines) is 1. The molecule has 3 heterocycles. The highest BCUT2D eigenvalue weighted by Crippen LogP contribution is 2.33. The molecule has 53 heavy (non-hydrogen) atoms. The number of amides is 3. The molecule has 5 rings (SSSR count). The number of alkyl carbamates (subject to hydrolysis) is 1. The van der Waals surface area contributed by atoms with E-state index in [0.717, 1.165) is 24.0 Å². The average Bonchev–Trinajstić information content (AvgIpc) is 3.42. The molecule has 2 aromatic carbocycles. The van der Waals surface area contributed by atoms with Gasteiger partial charge in [-0.1, -0.05) is 45.0 Å². The molecule has 0 aliphatic carbocycles. The van der Waals surface area contributed by atoms with E-state index in [9.17, 15) is 22.8 Å². The first-order chi connectivity index (χ1) is 25.0. The van der Waals surface area contributed by atoms with E-state index in [-0.39, 0.29) is 18.4 Å². The number of benzene rings is 2. The van der Waals surface area contributed by atoms with Crippen molar-refractivity contribution in [2.24, 2.45) is 12.5 Å². The summed E-state index contributed by atoms with van der Waals surface area (Å²) in [5, 5.41) is 13.6. The number of rotatable bonds is 12. The predicted molar refractivity (Wildman–Crippen MR) is 208 cm³/mol. The van der Waals surface area contributed by atoms with E-state index in [0.29, 0.717) is 60.9 Å². The molecule has 1 aromatic heterocycles. The van der Waals surface area contributed by atoms with Crippen LogP contribution in [0.4, 0.5) is 10.6 Å². The molecule has 14 heteroatoms. The topological polar surface area (TPSA) is 155 Å². The number of anilines is 1. The maximum Gasteiger partial charge on any atom is 0.407 e. The fourth-order valence-corrected chi connectivity index (χ4v) is 8.15. The quantitative estimate of drug-likeness (QED) is 0.159. The van der Waals surface area contributed by atoms with Crippen LogP contribution in [0, 0.1) is 5.41 Å². The van der Waals surface area contributed by atoms with Crippen molar-refractivity contribution in [3.8, 4) is 0 Å². The highest BCUT2D eigenvalue weighted by molar-refractivity contribution is 7.89. The smallest absolute Gasteiger partial charge is 0.407 e. The number of piperidine rings is 2. The largest absolute Gasteiger partial charge is 0.444 e. The molecule has 2 aliphatic heterocycles. The Kier molecular flexibility index (Phi) is 14.5. The van der Waals surface area contributed by atoms with Gasteiger partial charge in [-0.2, -0.15) is 9.40 Å². The van der Waals surface area contributed by atoms with Crippen LogP contribution in [0.2, 0.25) is 0 Å². The Balaban J connectivity index is 0.000000245. The summed E-state index contributed by atoms with van der Waals surface area (Å²) in [5.74, 6) is 0.986. The molecular weight excluding hydrogens is 695 g/mol. The van der Waals surface area contributed by atoms with Crippen LogP contribution < -0.4 is 16.0 Å². The lowest BCUT2D eigenvalue weighted by atomic mass is 9.86. The minimum Gasteiger partial charge on any atom is -0.444 e. The maximum absolute atomic E-state index is 12.5. The fourth-order valence-electron chi connectivity index (χ4n) is 6.66. The average molecular weight is 754 g/mol. The molecule has 0 saturated carbocycles. The molecule has 0 bridgehead atoms. The number of carbonyl (C=O) groups excluding carboxylic acids is 3. The Bertz CT molecular complexity index is 1770. The Labute approximate surface area is 315 Å². The van der Waals surface area contributed by atoms with Crippen molar-refractivity contribution in [2.75, 3.05) is 44.6 Å². The lowest BCUT2D eigenvalue weighted by Crippen LogP contribution is -2.47. The highest BCUT2D eigenvalue weighted by atomic mass is 32.2. The van der Waals surface area contributed by atoms with Crippen molar-refractivity contribution in [1.82, 2.24) is 29.6 Å². The van der Waals surface area contributed by atoms with E-state index in [1.165, 1.54) is 35.7 Å². The highest BCUT2D eigenvalue weighted by Gasteiger charge is 2.31. The summed E-state index contributed by atoms with van der Waals surface area (Å²) in [6.45, 7) is 17.0. The zero-order valence-corrected chi connectivity index (χ0v) is 33.3. The van der Waals surface area contributed by atoms with Gasteiger partial charge in [0, 0.05) is 51.1 Å². The number of hydrogen-bond acceptors (Lipinski definition) is 8. The van der Waals surface area contributed by atoms with Crippen molar-refractivity contribution in [2.45, 2.75) is 103 Å². The van der Waals surface area contributed by atoms with Crippen molar-refractivity contribution >= 4 is 45.2 Å². The van der Waals surface area contributed by atoms with Crippen molar-refractivity contribution in [3.63, 3.8) is 0 Å². The first-order valence-corrected chi connectivity index (χ1v) is 20.2. The van der Waals surface area contributed by atoms with Gasteiger partial charge in [0.1, 0.15) is 5.60 Å². The second-order valence-electron chi connectivity index (χ2n) is 15.8. The number of nitrogens with zero attached hydrogens (tertiary/aromatic N) is 4. The molecule has 0 spiro atoms. The van der Waals surface area contributed by atoms with Gasteiger partial charge in [-0.05, 0) is 107 Å². The third-order valence-electron chi connectivity index (χ3n) is 9.94. The van der Waals surface area contributed by atoms with Gasteiger partial charge >= 0.3 is 6.09 Å². The summed E-state index contributed by atoms with van der Waals surface area (Å²) >= 11 is 0. The summed E-state index contributed by atoms with van der Waals surface area (Å²) in [7, 11) is -1.55. The van der Waals surface area contributed by atoms with Gasteiger partial charge < -0.3 is 25.6 Å². The molecule has 0 radical (unpaired) electrons. The summed E-state index contributed by atoms with van der Waals surface area (Å²) in [6, 6.07) is 14.8. The Morgan fingerprint density at radius 3 is 2.23 bits per heavy atom. The third kappa shape index (κ3) is 12.3. The molecule has 3 aromatic rings. The van der Waals surface area contributed by atoms with Crippen LogP contribution in [-0.4, -0.2) is 96.7 Å². The van der Waals surface area contributed by atoms with Gasteiger partial charge in [0.05, 0.1) is 10.4 Å². The van der Waals surface area contributed by atoms with Crippen LogP contribution in [0.15, 0.2) is 53.4 Å². The zero-order chi connectivity index (χ0) is 38.8. The van der Waals surface area contributed by atoms with E-state index in [1.54, 1.807) is 30.3 Å². The molecule has 2 aliphatic rings. The Morgan fingerprint density at radius 1 is 0.962 bits per heavy atom. The van der Waals surface area contributed by atoms with Gasteiger partial charge in [0.2, 0.25) is 22.3 Å². The van der Waals surface area contributed by atoms with Gasteiger partial charge in [-0.25, -0.2) is 13.2 Å². The van der Waals surface area contributed by atoms with Crippen LogP contribution >= 0.6 is 0 Å². The standard InChI is InChI=1S/C23H35N5O2.C16H24N2O4S/c1-5-23(2,3)15-28-12-9-17(10-13-28)18-6-7-19-20(14-18)27(4)26-22(19)25-21(30)8-11-24-16-29;1-16(2,3)22-15(19)17-13-9-11-18(12-10-13)23(20,21)14-7-5-4-6-8-14/h6-7,14,16-17H,5,8-13,15H2,1-4H3,(H,24,29)(H,25,26,30);4-8,13H,9-12H2,1-3H3,(H,17,19). The SMILES string of the molecule is CC(C)(C)OC(=O)NC1CCN(S(=O)(=O)c2ccccc2)CC1.CCC(C)(C)CN1CCC(c2ccc3c(NC(=O)CCNC=O)nn(C)c3c2)CC1. The number of sulfonamides is 1. The van der Waals surface area contributed by atoms with Gasteiger partial charge in [0.25, 0.3) is 0 Å². The minimum absolute atomic E-state index is 0.0629. The second kappa shape index (κ2) is 18.4. The van der Waals surface area contributed by atoms with E-state index >= 15 is 0 Å². The number of carbonyl (C=O) groups is 3. The molecule has 0 unspecified atom stereocenters. The summed E-state index contributed by atoms with van der Waals surface area (Å²) < 4.78 is 33.6. The lowest BCUT2D eigenvalue weighted by molar-refractivity contribution is -0.116. The minimum atomic E-state index is -3.45. The number of nitrogens with one attached hydrogen (secondary N) is 3. The van der Waals surface area contributed by atoms with Crippen LogP contribution in [0.3, 0.4) is 0 Å². The molecule has 2 saturated heterocycles. The van der Waals surface area contributed by atoms with E-state index in [4.69, 9.17) is 4.74 Å². The Morgan fingerprint density at radius 2 is 1.62 bits per heavy atom. The third-order valence-corrected chi connectivity index (χ3v) is 11.8. The van der Waals surface area contributed by atoms with Crippen molar-refractivity contribution < 1.29 is 27.5 Å². The predicted octanol–water partition coefficient (Wildman–Crippen LogP) is 5.63. The summed E-state index contributed by atoms with van der Waals surface area (Å²) in [5.41, 5.74) is 2.22. The Hall–Kier alpha value is -4.01. The zero-order valence-electron chi connectivity index (χ0n) is 32.5. The molecule has 3 N–H and O–H groups in total. The summed E-state index contributed by atoms with van der Waals surface area (Å²) in [4.78, 5) is 37.1. The molecule has 0 atom stereocenters. The lowest BCUT2D eigenvalue weighted by Gasteiger charge is -2.37. The van der Waals surface area contributed by atoms with E-state index in [2.05, 4.69) is 64.9 Å². The number of aryl methyl sites for hydroxylation is 1. The van der Waals surface area contributed by atoms with Gasteiger partial charge in [-0.3, -0.25) is 14.3 Å². The van der Waals surface area contributed by atoms with E-state index in [1.807, 2.05) is 32.5 Å². The normalized spacial score (nSPS) is 16.7. The van der Waals surface area contributed by atoms with Crippen LogP contribution in [0.25, 0.3) is 10.9 Å². The number of hydrogen-bond donors (Lipinski definition) is 3. The van der Waals surface area contributed by atoms with Gasteiger partial charge in [-0.15, -0.1) is 0 Å². The molecule has 2 fully saturated rings. The van der Waals surface area contributed by atoms with Crippen LogP contribution in [0.1, 0.15) is 91.5 Å². The molecular formula is C39H59N7O6S. The number of aromatic nitrogens is 2. The molecule has 13 nitrogen and oxygen atoms in total. The van der Waals surface area contributed by atoms with E-state index < -0.39 is 21.7 Å². The molecule has 292 valence electrons. The maximum atomic E-state index is 12.5.